The zero-order valence-corrected chi connectivity index (χ0v) is 13.1. The van der Waals surface area contributed by atoms with Crippen molar-refractivity contribution in [3.05, 3.63) is 71.3 Å². The highest BCUT2D eigenvalue weighted by atomic mass is 16.5. The number of carbonyl (C=O) groups excluding carboxylic acids is 1. The van der Waals surface area contributed by atoms with Gasteiger partial charge in [0.15, 0.2) is 0 Å². The van der Waals surface area contributed by atoms with Gasteiger partial charge in [-0.2, -0.15) is 0 Å². The van der Waals surface area contributed by atoms with Gasteiger partial charge in [-0.25, -0.2) is 9.59 Å². The maximum Gasteiger partial charge on any atom is 0.339 e. The Morgan fingerprint density at radius 3 is 2.39 bits per heavy atom. The molecule has 0 saturated carbocycles. The van der Waals surface area contributed by atoms with Crippen molar-refractivity contribution in [1.29, 1.82) is 0 Å². The smallest absolute Gasteiger partial charge is 0.339 e. The van der Waals surface area contributed by atoms with Gasteiger partial charge in [0.2, 0.25) is 0 Å². The molecular formula is C19H18O4. The molecule has 1 N–H and O–H groups in total. The monoisotopic (exact) mass is 310 g/mol. The van der Waals surface area contributed by atoms with E-state index in [1.54, 1.807) is 6.92 Å². The lowest BCUT2D eigenvalue weighted by Crippen LogP contribution is -2.16. The number of hydrogen-bond donors (Lipinski definition) is 1. The fraction of sp³-hybridized carbons (Fsp3) is 0.158. The highest BCUT2D eigenvalue weighted by molar-refractivity contribution is 6.08. The molecule has 0 amide bonds. The summed E-state index contributed by atoms with van der Waals surface area (Å²) in [6.45, 7) is 7.05. The number of aryl methyl sites for hydroxylation is 1. The molecule has 0 saturated heterocycles. The van der Waals surface area contributed by atoms with Crippen LogP contribution in [0.1, 0.15) is 31.8 Å². The summed E-state index contributed by atoms with van der Waals surface area (Å²) in [5.41, 5.74) is 2.75. The highest BCUT2D eigenvalue weighted by Gasteiger charge is 2.26. The van der Waals surface area contributed by atoms with Crippen molar-refractivity contribution in [2.24, 2.45) is 0 Å². The van der Waals surface area contributed by atoms with Gasteiger partial charge >= 0.3 is 11.9 Å². The van der Waals surface area contributed by atoms with Crippen LogP contribution in [-0.4, -0.2) is 23.7 Å². The minimum Gasteiger partial charge on any atom is -0.478 e. The van der Waals surface area contributed by atoms with Gasteiger partial charge < -0.3 is 9.84 Å². The molecule has 0 aliphatic heterocycles. The normalized spacial score (nSPS) is 10.2. The van der Waals surface area contributed by atoms with Crippen LogP contribution in [0.3, 0.4) is 0 Å². The summed E-state index contributed by atoms with van der Waals surface area (Å²) in [6.07, 6.45) is 1.45. The molecule has 0 aliphatic rings. The Bertz CT molecular complexity index is 761. The van der Waals surface area contributed by atoms with Crippen molar-refractivity contribution < 1.29 is 19.4 Å². The Balaban J connectivity index is 2.77. The van der Waals surface area contributed by atoms with Crippen LogP contribution in [0, 0.1) is 13.8 Å². The molecular weight excluding hydrogens is 292 g/mol. The number of hydrogen-bond acceptors (Lipinski definition) is 3. The predicted octanol–water partition coefficient (Wildman–Crippen LogP) is 4.01. The van der Waals surface area contributed by atoms with Crippen molar-refractivity contribution in [2.75, 3.05) is 6.61 Å². The highest BCUT2D eigenvalue weighted by Crippen LogP contribution is 2.31. The summed E-state index contributed by atoms with van der Waals surface area (Å²) in [5, 5.41) is 9.59. The Labute approximate surface area is 135 Å². The summed E-state index contributed by atoms with van der Waals surface area (Å²) in [7, 11) is 0. The van der Waals surface area contributed by atoms with Gasteiger partial charge in [-0.05, 0) is 36.1 Å². The van der Waals surface area contributed by atoms with Gasteiger partial charge in [-0.15, -0.1) is 0 Å². The summed E-state index contributed by atoms with van der Waals surface area (Å²) in [5.74, 6) is -1.81. The lowest BCUT2D eigenvalue weighted by Gasteiger charge is -2.16. The molecule has 2 aromatic rings. The van der Waals surface area contributed by atoms with Crippen LogP contribution in [0.25, 0.3) is 11.1 Å². The third-order valence-corrected chi connectivity index (χ3v) is 3.68. The van der Waals surface area contributed by atoms with Gasteiger partial charge in [0.25, 0.3) is 0 Å². The first-order valence-electron chi connectivity index (χ1n) is 7.18. The van der Waals surface area contributed by atoms with Gasteiger partial charge in [0.1, 0.15) is 6.61 Å². The van der Waals surface area contributed by atoms with Gasteiger partial charge in [0, 0.05) is 0 Å². The number of rotatable bonds is 5. The van der Waals surface area contributed by atoms with Gasteiger partial charge in [-0.1, -0.05) is 49.1 Å². The Kier molecular flexibility index (Phi) is 4.96. The minimum atomic E-state index is -1.14. The average molecular weight is 310 g/mol. The van der Waals surface area contributed by atoms with Crippen molar-refractivity contribution in [3.63, 3.8) is 0 Å². The zero-order valence-electron chi connectivity index (χ0n) is 13.1. The predicted molar refractivity (Wildman–Crippen MR) is 88.8 cm³/mol. The van der Waals surface area contributed by atoms with Crippen LogP contribution in [0.15, 0.2) is 49.1 Å². The van der Waals surface area contributed by atoms with Crippen LogP contribution in [-0.2, 0) is 4.74 Å². The first-order chi connectivity index (χ1) is 11.0. The molecule has 4 heteroatoms. The van der Waals surface area contributed by atoms with Crippen molar-refractivity contribution >= 4 is 11.9 Å². The lowest BCUT2D eigenvalue weighted by molar-refractivity contribution is 0.0537. The number of benzene rings is 2. The number of esters is 1. The average Bonchev–Trinajstić information content (AvgIpc) is 2.54. The molecule has 2 rings (SSSR count). The Morgan fingerprint density at radius 2 is 1.83 bits per heavy atom. The van der Waals surface area contributed by atoms with Crippen LogP contribution in [0.2, 0.25) is 0 Å². The standard InChI is InChI=1S/C19H18O4/c1-4-10-23-19(22)17-15(14-8-6-5-7-9-14)11-12(2)13(3)16(17)18(20)21/h4-9,11H,1,10H2,2-3H3,(H,20,21). The van der Waals surface area contributed by atoms with E-state index < -0.39 is 11.9 Å². The summed E-state index contributed by atoms with van der Waals surface area (Å²) in [6, 6.07) is 11.0. The Morgan fingerprint density at radius 1 is 1.17 bits per heavy atom. The van der Waals surface area contributed by atoms with E-state index in [0.717, 1.165) is 11.1 Å². The number of aromatic carboxylic acids is 1. The van der Waals surface area contributed by atoms with Crippen LogP contribution < -0.4 is 0 Å². The summed E-state index contributed by atoms with van der Waals surface area (Å²) in [4.78, 5) is 24.2. The number of ether oxygens (including phenoxy) is 1. The topological polar surface area (TPSA) is 63.6 Å². The second-order valence-electron chi connectivity index (χ2n) is 5.17. The van der Waals surface area contributed by atoms with E-state index in [2.05, 4.69) is 6.58 Å². The second-order valence-corrected chi connectivity index (χ2v) is 5.17. The molecule has 0 atom stereocenters. The summed E-state index contributed by atoms with van der Waals surface area (Å²) >= 11 is 0. The van der Waals surface area contributed by atoms with E-state index in [9.17, 15) is 14.7 Å². The number of carboxylic acid groups (broad SMARTS) is 1. The largest absolute Gasteiger partial charge is 0.478 e. The molecule has 0 heterocycles. The molecule has 0 radical (unpaired) electrons. The lowest BCUT2D eigenvalue weighted by atomic mass is 9.89. The van der Waals surface area contributed by atoms with E-state index in [1.807, 2.05) is 43.3 Å². The SMILES string of the molecule is C=CCOC(=O)c1c(-c2ccccc2)cc(C)c(C)c1C(=O)O. The first-order valence-corrected chi connectivity index (χ1v) is 7.18. The first kappa shape index (κ1) is 16.5. The van der Waals surface area contributed by atoms with Gasteiger partial charge in [0.05, 0.1) is 11.1 Å². The number of carbonyl (C=O) groups is 2. The van der Waals surface area contributed by atoms with E-state index in [1.165, 1.54) is 6.08 Å². The van der Waals surface area contributed by atoms with E-state index in [4.69, 9.17) is 4.74 Å². The quantitative estimate of drug-likeness (QED) is 0.669. The molecule has 0 unspecified atom stereocenters. The fourth-order valence-corrected chi connectivity index (χ4v) is 2.45. The molecule has 0 fully saturated rings. The third-order valence-electron chi connectivity index (χ3n) is 3.68. The second kappa shape index (κ2) is 6.92. The Hall–Kier alpha value is -2.88. The van der Waals surface area contributed by atoms with Crippen LogP contribution >= 0.6 is 0 Å². The molecule has 2 aromatic carbocycles. The van der Waals surface area contributed by atoms with Crippen LogP contribution in [0.5, 0.6) is 0 Å². The summed E-state index contributed by atoms with van der Waals surface area (Å²) < 4.78 is 5.10. The fourth-order valence-electron chi connectivity index (χ4n) is 2.45. The molecule has 0 aliphatic carbocycles. The molecule has 4 nitrogen and oxygen atoms in total. The van der Waals surface area contributed by atoms with Crippen molar-refractivity contribution in [3.8, 4) is 11.1 Å². The van der Waals surface area contributed by atoms with E-state index in [-0.39, 0.29) is 17.7 Å². The maximum atomic E-state index is 12.5. The van der Waals surface area contributed by atoms with E-state index >= 15 is 0 Å². The number of carboxylic acids is 1. The molecule has 0 spiro atoms. The van der Waals surface area contributed by atoms with Crippen LogP contribution in [0.4, 0.5) is 0 Å². The van der Waals surface area contributed by atoms with E-state index in [0.29, 0.717) is 11.1 Å². The van der Waals surface area contributed by atoms with Crippen molar-refractivity contribution in [2.45, 2.75) is 13.8 Å². The minimum absolute atomic E-state index is 0.0158. The molecule has 0 aromatic heterocycles. The maximum absolute atomic E-state index is 12.5. The molecule has 23 heavy (non-hydrogen) atoms. The molecule has 0 bridgehead atoms. The zero-order chi connectivity index (χ0) is 17.0. The van der Waals surface area contributed by atoms with Gasteiger partial charge in [-0.3, -0.25) is 0 Å². The van der Waals surface area contributed by atoms with Crippen molar-refractivity contribution in [1.82, 2.24) is 0 Å². The molecule has 118 valence electrons. The third kappa shape index (κ3) is 3.31.